The van der Waals surface area contributed by atoms with Gasteiger partial charge < -0.3 is 4.74 Å². The largest absolute Gasteiger partial charge is 0.464 e. The van der Waals surface area contributed by atoms with E-state index in [0.29, 0.717) is 18.3 Å². The summed E-state index contributed by atoms with van der Waals surface area (Å²) in [7, 11) is -3.38. The molecule has 0 radical (unpaired) electrons. The SMILES string of the molecule is O=S(=O)(C=Cc1ccccc1)N1CC(Oc2nccs2)C1. The van der Waals surface area contributed by atoms with Crippen molar-refractivity contribution < 1.29 is 13.2 Å². The first kappa shape index (κ1) is 14.2. The van der Waals surface area contributed by atoms with Gasteiger partial charge in [0.1, 0.15) is 6.10 Å². The van der Waals surface area contributed by atoms with Gasteiger partial charge in [0.15, 0.2) is 0 Å². The molecule has 2 heterocycles. The summed E-state index contributed by atoms with van der Waals surface area (Å²) in [6.07, 6.45) is 3.15. The quantitative estimate of drug-likeness (QED) is 0.847. The van der Waals surface area contributed by atoms with Crippen LogP contribution in [-0.4, -0.2) is 36.9 Å². The molecule has 0 aliphatic carbocycles. The first-order valence-corrected chi connectivity index (χ1v) is 8.81. The van der Waals surface area contributed by atoms with Gasteiger partial charge in [0.25, 0.3) is 5.19 Å². The molecule has 21 heavy (non-hydrogen) atoms. The third kappa shape index (κ3) is 3.49. The summed E-state index contributed by atoms with van der Waals surface area (Å²) in [5.74, 6) is 0. The molecule has 5 nitrogen and oxygen atoms in total. The molecular weight excluding hydrogens is 308 g/mol. The van der Waals surface area contributed by atoms with Crippen LogP contribution in [0, 0.1) is 0 Å². The zero-order valence-corrected chi connectivity index (χ0v) is 12.8. The van der Waals surface area contributed by atoms with Gasteiger partial charge in [0, 0.05) is 17.0 Å². The van der Waals surface area contributed by atoms with Crippen LogP contribution in [-0.2, 0) is 10.0 Å². The highest BCUT2D eigenvalue weighted by Gasteiger charge is 2.36. The number of nitrogens with zero attached hydrogens (tertiary/aromatic N) is 2. The third-order valence-corrected chi connectivity index (χ3v) is 5.24. The molecule has 7 heteroatoms. The lowest BCUT2D eigenvalue weighted by Gasteiger charge is -2.36. The molecule has 1 aromatic carbocycles. The molecule has 0 unspecified atom stereocenters. The van der Waals surface area contributed by atoms with Crippen LogP contribution in [0.5, 0.6) is 5.19 Å². The molecule has 0 saturated carbocycles. The molecule has 1 fully saturated rings. The number of aromatic nitrogens is 1. The lowest BCUT2D eigenvalue weighted by atomic mass is 10.2. The average Bonchev–Trinajstić information content (AvgIpc) is 2.94. The number of thiazole rings is 1. The fraction of sp³-hybridized carbons (Fsp3) is 0.214. The molecule has 3 rings (SSSR count). The summed E-state index contributed by atoms with van der Waals surface area (Å²) >= 11 is 1.40. The van der Waals surface area contributed by atoms with Gasteiger partial charge in [0.05, 0.1) is 13.1 Å². The van der Waals surface area contributed by atoms with E-state index >= 15 is 0 Å². The maximum Gasteiger partial charge on any atom is 0.273 e. The Bertz CT molecular complexity index is 706. The van der Waals surface area contributed by atoms with Crippen molar-refractivity contribution in [2.75, 3.05) is 13.1 Å². The second kappa shape index (κ2) is 5.97. The standard InChI is InChI=1S/C14H14N2O3S2/c17-21(18,9-6-12-4-2-1-3-5-12)16-10-13(11-16)19-14-15-7-8-20-14/h1-9,13H,10-11H2. The molecule has 0 amide bonds. The van der Waals surface area contributed by atoms with Gasteiger partial charge >= 0.3 is 0 Å². The number of ether oxygens (including phenoxy) is 1. The molecule has 1 aliphatic rings. The highest BCUT2D eigenvalue weighted by Crippen LogP contribution is 2.22. The van der Waals surface area contributed by atoms with Crippen LogP contribution in [0.25, 0.3) is 6.08 Å². The summed E-state index contributed by atoms with van der Waals surface area (Å²) in [4.78, 5) is 4.02. The Morgan fingerprint density at radius 1 is 1.29 bits per heavy atom. The fourth-order valence-electron chi connectivity index (χ4n) is 1.91. The van der Waals surface area contributed by atoms with E-state index in [0.717, 1.165) is 5.56 Å². The van der Waals surface area contributed by atoms with Gasteiger partial charge in [-0.3, -0.25) is 0 Å². The molecule has 0 bridgehead atoms. The van der Waals surface area contributed by atoms with Crippen molar-refractivity contribution in [1.29, 1.82) is 0 Å². The van der Waals surface area contributed by atoms with Crippen molar-refractivity contribution in [3.8, 4) is 5.19 Å². The van der Waals surface area contributed by atoms with Gasteiger partial charge in [-0.15, -0.1) is 0 Å². The summed E-state index contributed by atoms with van der Waals surface area (Å²) in [5, 5.41) is 3.64. The van der Waals surface area contributed by atoms with Crippen molar-refractivity contribution >= 4 is 27.4 Å². The molecule has 2 aromatic rings. The molecule has 1 aliphatic heterocycles. The summed E-state index contributed by atoms with van der Waals surface area (Å²) < 4.78 is 31.2. The number of sulfonamides is 1. The van der Waals surface area contributed by atoms with Crippen LogP contribution in [0.4, 0.5) is 0 Å². The Balaban J connectivity index is 1.56. The first-order valence-electron chi connectivity index (χ1n) is 6.43. The van der Waals surface area contributed by atoms with Crippen molar-refractivity contribution in [2.45, 2.75) is 6.10 Å². The molecule has 0 spiro atoms. The lowest BCUT2D eigenvalue weighted by molar-refractivity contribution is 0.0769. The van der Waals surface area contributed by atoms with E-state index in [2.05, 4.69) is 4.98 Å². The van der Waals surface area contributed by atoms with Crippen LogP contribution in [0.2, 0.25) is 0 Å². The number of benzene rings is 1. The van der Waals surface area contributed by atoms with Crippen LogP contribution >= 0.6 is 11.3 Å². The van der Waals surface area contributed by atoms with Gasteiger partial charge in [-0.25, -0.2) is 13.4 Å². The van der Waals surface area contributed by atoms with E-state index < -0.39 is 10.0 Å². The predicted molar refractivity (Wildman–Crippen MR) is 82.5 cm³/mol. The van der Waals surface area contributed by atoms with Crippen molar-refractivity contribution in [2.24, 2.45) is 0 Å². The topological polar surface area (TPSA) is 59.5 Å². The first-order chi connectivity index (χ1) is 10.1. The third-order valence-electron chi connectivity index (χ3n) is 3.08. The highest BCUT2D eigenvalue weighted by atomic mass is 32.2. The Morgan fingerprint density at radius 2 is 2.05 bits per heavy atom. The normalized spacial score (nSPS) is 17.0. The molecule has 1 saturated heterocycles. The van der Waals surface area contributed by atoms with Gasteiger partial charge in [-0.05, 0) is 11.6 Å². The summed E-state index contributed by atoms with van der Waals surface area (Å²) in [6, 6.07) is 9.34. The van der Waals surface area contributed by atoms with E-state index in [-0.39, 0.29) is 6.10 Å². The smallest absolute Gasteiger partial charge is 0.273 e. The number of rotatable bonds is 5. The average molecular weight is 322 g/mol. The number of hydrogen-bond acceptors (Lipinski definition) is 5. The van der Waals surface area contributed by atoms with Crippen molar-refractivity contribution in [3.63, 3.8) is 0 Å². The Morgan fingerprint density at radius 3 is 2.71 bits per heavy atom. The van der Waals surface area contributed by atoms with Crippen molar-refractivity contribution in [3.05, 3.63) is 52.9 Å². The molecular formula is C14H14N2O3S2. The van der Waals surface area contributed by atoms with E-state index in [1.807, 2.05) is 35.7 Å². The predicted octanol–water partition coefficient (Wildman–Crippen LogP) is 2.21. The van der Waals surface area contributed by atoms with E-state index in [4.69, 9.17) is 4.74 Å². The molecule has 0 atom stereocenters. The van der Waals surface area contributed by atoms with Crippen LogP contribution in [0.1, 0.15) is 5.56 Å². The maximum atomic E-state index is 12.1. The lowest BCUT2D eigenvalue weighted by Crippen LogP contribution is -2.55. The second-order valence-electron chi connectivity index (χ2n) is 4.61. The monoisotopic (exact) mass is 322 g/mol. The molecule has 0 N–H and O–H groups in total. The fourth-order valence-corrected chi connectivity index (χ4v) is 3.71. The molecule has 110 valence electrons. The van der Waals surface area contributed by atoms with E-state index in [1.165, 1.54) is 21.1 Å². The van der Waals surface area contributed by atoms with E-state index in [1.54, 1.807) is 12.3 Å². The minimum absolute atomic E-state index is 0.115. The zero-order chi connectivity index (χ0) is 14.7. The maximum absolute atomic E-state index is 12.1. The number of hydrogen-bond donors (Lipinski definition) is 0. The van der Waals surface area contributed by atoms with Crippen LogP contribution in [0.3, 0.4) is 0 Å². The minimum atomic E-state index is -3.38. The second-order valence-corrected chi connectivity index (χ2v) is 7.29. The van der Waals surface area contributed by atoms with E-state index in [9.17, 15) is 8.42 Å². The summed E-state index contributed by atoms with van der Waals surface area (Å²) in [5.41, 5.74) is 0.859. The Kier molecular flexibility index (Phi) is 4.05. The minimum Gasteiger partial charge on any atom is -0.464 e. The van der Waals surface area contributed by atoms with Crippen LogP contribution < -0.4 is 4.74 Å². The van der Waals surface area contributed by atoms with Crippen molar-refractivity contribution in [1.82, 2.24) is 9.29 Å². The van der Waals surface area contributed by atoms with Gasteiger partial charge in [-0.1, -0.05) is 41.7 Å². The summed E-state index contributed by atoms with van der Waals surface area (Å²) in [6.45, 7) is 0.724. The Hall–Kier alpha value is -1.70. The molecule has 1 aromatic heterocycles. The van der Waals surface area contributed by atoms with Gasteiger partial charge in [-0.2, -0.15) is 4.31 Å². The van der Waals surface area contributed by atoms with Crippen LogP contribution in [0.15, 0.2) is 47.3 Å². The van der Waals surface area contributed by atoms with Gasteiger partial charge in [0.2, 0.25) is 10.0 Å². The highest BCUT2D eigenvalue weighted by molar-refractivity contribution is 7.92. The Labute approximate surface area is 127 Å². The zero-order valence-electron chi connectivity index (χ0n) is 11.1.